The van der Waals surface area contributed by atoms with Crippen LogP contribution in [0.15, 0.2) is 12.1 Å². The summed E-state index contributed by atoms with van der Waals surface area (Å²) in [4.78, 5) is 13.5. The normalized spacial score (nSPS) is 19.6. The van der Waals surface area contributed by atoms with Crippen molar-refractivity contribution in [2.45, 2.75) is 25.7 Å². The highest BCUT2D eigenvalue weighted by atomic mass is 16.2. The van der Waals surface area contributed by atoms with Crippen LogP contribution >= 0.6 is 0 Å². The molecule has 0 unspecified atom stereocenters. The molecule has 3 rings (SSSR count). The Morgan fingerprint density at radius 2 is 1.71 bits per heavy atom. The number of hydrogen-bond acceptors (Lipinski definition) is 2. The number of anilines is 1. The third-order valence-corrected chi connectivity index (χ3v) is 3.89. The fraction of sp³-hybridized carbons (Fsp3) is 0.500. The molecular formula is C14H18N2O. The Balaban J connectivity index is 2.07. The predicted octanol–water partition coefficient (Wildman–Crippen LogP) is 1.28. The molecule has 0 fully saturated rings. The van der Waals surface area contributed by atoms with Crippen molar-refractivity contribution in [2.24, 2.45) is 0 Å². The van der Waals surface area contributed by atoms with Crippen molar-refractivity contribution in [1.29, 1.82) is 0 Å². The van der Waals surface area contributed by atoms with Gasteiger partial charge in [0.25, 0.3) is 0 Å². The molecule has 1 aromatic carbocycles. The van der Waals surface area contributed by atoms with Gasteiger partial charge >= 0.3 is 0 Å². The minimum Gasteiger partial charge on any atom is -0.316 e. The third-order valence-electron chi connectivity index (χ3n) is 3.89. The van der Waals surface area contributed by atoms with Gasteiger partial charge in [0, 0.05) is 19.2 Å². The molecule has 0 atom stereocenters. The van der Waals surface area contributed by atoms with Crippen molar-refractivity contribution in [3.8, 4) is 0 Å². The Labute approximate surface area is 102 Å². The molecular weight excluding hydrogens is 212 g/mol. The van der Waals surface area contributed by atoms with E-state index in [1.54, 1.807) is 0 Å². The predicted molar refractivity (Wildman–Crippen MR) is 68.5 cm³/mol. The number of rotatable bonds is 0. The lowest BCUT2D eigenvalue weighted by Gasteiger charge is -2.27. The van der Waals surface area contributed by atoms with Gasteiger partial charge in [-0.2, -0.15) is 0 Å². The summed E-state index contributed by atoms with van der Waals surface area (Å²) >= 11 is 0. The largest absolute Gasteiger partial charge is 0.316 e. The van der Waals surface area contributed by atoms with Crippen LogP contribution in [0.2, 0.25) is 0 Å². The molecule has 0 aliphatic carbocycles. The maximum atomic E-state index is 11.7. The van der Waals surface area contributed by atoms with E-state index in [1.165, 1.54) is 16.7 Å². The second-order valence-electron chi connectivity index (χ2n) is 4.95. The zero-order valence-corrected chi connectivity index (χ0v) is 10.3. The number of hydrogen-bond donors (Lipinski definition) is 1. The average Bonchev–Trinajstić information content (AvgIpc) is 2.57. The van der Waals surface area contributed by atoms with Gasteiger partial charge in [0.05, 0.1) is 0 Å². The molecule has 1 aromatic rings. The number of nitrogens with one attached hydrogen (secondary N) is 1. The molecule has 0 bridgehead atoms. The summed E-state index contributed by atoms with van der Waals surface area (Å²) in [5.41, 5.74) is 5.35. The zero-order valence-electron chi connectivity index (χ0n) is 10.3. The SMILES string of the molecule is CN1C(=O)CCc2cc3c(cc21)CCNCC3. The fourth-order valence-corrected chi connectivity index (χ4v) is 2.82. The highest BCUT2D eigenvalue weighted by Crippen LogP contribution is 2.30. The summed E-state index contributed by atoms with van der Waals surface area (Å²) in [7, 11) is 1.89. The number of amides is 1. The van der Waals surface area contributed by atoms with E-state index >= 15 is 0 Å². The van der Waals surface area contributed by atoms with Crippen LogP contribution in [0, 0.1) is 0 Å². The molecule has 3 heteroatoms. The van der Waals surface area contributed by atoms with E-state index in [0.717, 1.165) is 38.0 Å². The second-order valence-corrected chi connectivity index (χ2v) is 4.95. The maximum Gasteiger partial charge on any atom is 0.227 e. The van der Waals surface area contributed by atoms with Crippen LogP contribution in [-0.2, 0) is 24.1 Å². The standard InChI is InChI=1S/C14H18N2O/c1-16-13-9-11-5-7-15-6-4-10(11)8-12(13)2-3-14(16)17/h8-9,15H,2-7H2,1H3. The molecule has 1 amide bonds. The van der Waals surface area contributed by atoms with Crippen LogP contribution < -0.4 is 10.2 Å². The Morgan fingerprint density at radius 1 is 1.00 bits per heavy atom. The summed E-state index contributed by atoms with van der Waals surface area (Å²) in [5, 5.41) is 3.42. The number of carbonyl (C=O) groups is 1. The first-order valence-electron chi connectivity index (χ1n) is 6.37. The second kappa shape index (κ2) is 4.15. The van der Waals surface area contributed by atoms with Gasteiger partial charge < -0.3 is 10.2 Å². The fourth-order valence-electron chi connectivity index (χ4n) is 2.82. The molecule has 1 N–H and O–H groups in total. The molecule has 0 spiro atoms. The Hall–Kier alpha value is -1.35. The number of fused-ring (bicyclic) bond motifs is 2. The number of aryl methyl sites for hydroxylation is 1. The van der Waals surface area contributed by atoms with Gasteiger partial charge in [-0.05, 0) is 55.1 Å². The van der Waals surface area contributed by atoms with Crippen LogP contribution in [-0.4, -0.2) is 26.0 Å². The van der Waals surface area contributed by atoms with E-state index in [2.05, 4.69) is 17.4 Å². The first kappa shape index (κ1) is 10.8. The summed E-state index contributed by atoms with van der Waals surface area (Å²) < 4.78 is 0. The van der Waals surface area contributed by atoms with E-state index in [-0.39, 0.29) is 5.91 Å². The molecule has 0 saturated heterocycles. The molecule has 17 heavy (non-hydrogen) atoms. The number of carbonyl (C=O) groups excluding carboxylic acids is 1. The van der Waals surface area contributed by atoms with Crippen LogP contribution in [0.25, 0.3) is 0 Å². The van der Waals surface area contributed by atoms with Crippen molar-refractivity contribution >= 4 is 11.6 Å². The lowest BCUT2D eigenvalue weighted by Crippen LogP contribution is -2.31. The molecule has 2 aliphatic rings. The quantitative estimate of drug-likeness (QED) is 0.728. The van der Waals surface area contributed by atoms with Gasteiger partial charge in [-0.15, -0.1) is 0 Å². The van der Waals surface area contributed by atoms with E-state index in [9.17, 15) is 4.79 Å². The van der Waals surface area contributed by atoms with Gasteiger partial charge in [0.1, 0.15) is 0 Å². The van der Waals surface area contributed by atoms with Gasteiger partial charge in [-0.1, -0.05) is 6.07 Å². The number of benzene rings is 1. The van der Waals surface area contributed by atoms with Crippen molar-refractivity contribution < 1.29 is 4.79 Å². The maximum absolute atomic E-state index is 11.7. The number of nitrogens with zero attached hydrogens (tertiary/aromatic N) is 1. The highest BCUT2D eigenvalue weighted by molar-refractivity contribution is 5.96. The minimum atomic E-state index is 0.240. The van der Waals surface area contributed by atoms with Crippen molar-refractivity contribution in [2.75, 3.05) is 25.0 Å². The Bertz CT molecular complexity index is 468. The third kappa shape index (κ3) is 1.84. The van der Waals surface area contributed by atoms with E-state index in [4.69, 9.17) is 0 Å². The van der Waals surface area contributed by atoms with Gasteiger partial charge in [0.15, 0.2) is 0 Å². The van der Waals surface area contributed by atoms with E-state index < -0.39 is 0 Å². The molecule has 0 aromatic heterocycles. The molecule has 3 nitrogen and oxygen atoms in total. The van der Waals surface area contributed by atoms with Crippen LogP contribution in [0.1, 0.15) is 23.1 Å². The van der Waals surface area contributed by atoms with Gasteiger partial charge in [-0.25, -0.2) is 0 Å². The Morgan fingerprint density at radius 3 is 2.47 bits per heavy atom. The zero-order chi connectivity index (χ0) is 11.8. The van der Waals surface area contributed by atoms with Crippen molar-refractivity contribution in [3.05, 3.63) is 28.8 Å². The molecule has 2 aliphatic heterocycles. The smallest absolute Gasteiger partial charge is 0.227 e. The molecule has 0 radical (unpaired) electrons. The summed E-state index contributed by atoms with van der Waals surface area (Å²) in [6, 6.07) is 4.55. The first-order chi connectivity index (χ1) is 8.25. The summed E-state index contributed by atoms with van der Waals surface area (Å²) in [6.45, 7) is 2.12. The molecule has 2 heterocycles. The van der Waals surface area contributed by atoms with E-state index in [0.29, 0.717) is 6.42 Å². The van der Waals surface area contributed by atoms with Gasteiger partial charge in [0.2, 0.25) is 5.91 Å². The van der Waals surface area contributed by atoms with Crippen LogP contribution in [0.5, 0.6) is 0 Å². The summed E-state index contributed by atoms with van der Waals surface area (Å²) in [6.07, 6.45) is 3.74. The molecule has 0 saturated carbocycles. The van der Waals surface area contributed by atoms with E-state index in [1.807, 2.05) is 11.9 Å². The topological polar surface area (TPSA) is 32.3 Å². The molecule has 90 valence electrons. The van der Waals surface area contributed by atoms with Crippen molar-refractivity contribution in [1.82, 2.24) is 5.32 Å². The van der Waals surface area contributed by atoms with Crippen molar-refractivity contribution in [3.63, 3.8) is 0 Å². The Kier molecular flexibility index (Phi) is 2.63. The first-order valence-corrected chi connectivity index (χ1v) is 6.37. The van der Waals surface area contributed by atoms with Crippen LogP contribution in [0.4, 0.5) is 5.69 Å². The minimum absolute atomic E-state index is 0.240. The lowest BCUT2D eigenvalue weighted by molar-refractivity contribution is -0.118. The summed E-state index contributed by atoms with van der Waals surface area (Å²) in [5.74, 6) is 0.240. The van der Waals surface area contributed by atoms with Crippen LogP contribution in [0.3, 0.4) is 0 Å². The lowest BCUT2D eigenvalue weighted by atomic mass is 9.93. The monoisotopic (exact) mass is 230 g/mol. The highest BCUT2D eigenvalue weighted by Gasteiger charge is 2.22. The van der Waals surface area contributed by atoms with Gasteiger partial charge in [-0.3, -0.25) is 4.79 Å². The average molecular weight is 230 g/mol.